The molecule has 1 aromatic heterocycles. The molecule has 0 unspecified atom stereocenters. The smallest absolute Gasteiger partial charge is 0.148 e. The third-order valence-corrected chi connectivity index (χ3v) is 3.90. The summed E-state index contributed by atoms with van der Waals surface area (Å²) in [6.07, 6.45) is 4.07. The van der Waals surface area contributed by atoms with E-state index in [4.69, 9.17) is 28.3 Å². The molecule has 0 bridgehead atoms. The van der Waals surface area contributed by atoms with Gasteiger partial charge in [0.15, 0.2) is 0 Å². The third kappa shape index (κ3) is 2.08. The highest BCUT2D eigenvalue weighted by Crippen LogP contribution is 2.42. The predicted octanol–water partition coefficient (Wildman–Crippen LogP) is 4.28. The van der Waals surface area contributed by atoms with E-state index in [0.717, 1.165) is 32.3 Å². The maximum Gasteiger partial charge on any atom is 0.148 e. The van der Waals surface area contributed by atoms with Crippen molar-refractivity contribution in [2.24, 2.45) is 0 Å². The average Bonchev–Trinajstić information content (AvgIpc) is 3.06. The van der Waals surface area contributed by atoms with E-state index < -0.39 is 0 Å². The van der Waals surface area contributed by atoms with Crippen LogP contribution in [0.1, 0.15) is 41.2 Å². The Hall–Kier alpha value is -1.19. The molecule has 18 heavy (non-hydrogen) atoms. The van der Waals surface area contributed by atoms with Gasteiger partial charge in [-0.25, -0.2) is 0 Å². The predicted molar refractivity (Wildman–Crippen MR) is 75.5 cm³/mol. The van der Waals surface area contributed by atoms with Crippen LogP contribution >= 0.6 is 23.8 Å². The van der Waals surface area contributed by atoms with E-state index in [1.807, 2.05) is 25.1 Å². The van der Waals surface area contributed by atoms with Gasteiger partial charge in [0.05, 0.1) is 16.6 Å². The summed E-state index contributed by atoms with van der Waals surface area (Å²) in [5.41, 5.74) is 3.06. The molecule has 1 heterocycles. The Kier molecular flexibility index (Phi) is 2.96. The van der Waals surface area contributed by atoms with Crippen molar-refractivity contribution in [2.75, 3.05) is 0 Å². The molecule has 3 rings (SSSR count). The lowest BCUT2D eigenvalue weighted by atomic mass is 10.00. The molecule has 92 valence electrons. The van der Waals surface area contributed by atoms with E-state index in [-0.39, 0.29) is 0 Å². The summed E-state index contributed by atoms with van der Waals surface area (Å²) < 4.78 is 5.33. The first-order valence-corrected chi connectivity index (χ1v) is 6.71. The van der Waals surface area contributed by atoms with Gasteiger partial charge in [0, 0.05) is 10.9 Å². The van der Waals surface area contributed by atoms with Crippen LogP contribution in [0.4, 0.5) is 0 Å². The Morgan fingerprint density at radius 2 is 2.17 bits per heavy atom. The molecular weight excluding hydrogens is 266 g/mol. The molecule has 1 fully saturated rings. The highest BCUT2D eigenvalue weighted by atomic mass is 35.5. The van der Waals surface area contributed by atoms with Gasteiger partial charge in [-0.1, -0.05) is 35.0 Å². The Balaban J connectivity index is 2.00. The molecule has 0 spiro atoms. The second kappa shape index (κ2) is 4.48. The van der Waals surface area contributed by atoms with Crippen LogP contribution in [0.25, 0.3) is 0 Å². The molecule has 0 radical (unpaired) electrons. The van der Waals surface area contributed by atoms with Gasteiger partial charge in [0.1, 0.15) is 5.76 Å². The van der Waals surface area contributed by atoms with Crippen molar-refractivity contribution in [3.05, 3.63) is 51.9 Å². The van der Waals surface area contributed by atoms with Gasteiger partial charge in [0.2, 0.25) is 0 Å². The Labute approximate surface area is 116 Å². The minimum absolute atomic E-state index is 0.507. The molecule has 2 aromatic rings. The molecular formula is C14H12ClNOS. The highest BCUT2D eigenvalue weighted by Gasteiger charge is 2.31. The monoisotopic (exact) mass is 277 g/mol. The Bertz CT molecular complexity index is 616. The van der Waals surface area contributed by atoms with Crippen molar-refractivity contribution in [2.45, 2.75) is 25.7 Å². The molecule has 0 saturated heterocycles. The summed E-state index contributed by atoms with van der Waals surface area (Å²) in [4.78, 5) is 0.798. The zero-order valence-electron chi connectivity index (χ0n) is 9.94. The SMILES string of the molecule is Cc1cc(Cl)ccc1C(=S)c1cnoc1C1CC1. The molecule has 0 N–H and O–H groups in total. The van der Waals surface area contributed by atoms with Crippen molar-refractivity contribution >= 4 is 28.7 Å². The minimum Gasteiger partial charge on any atom is -0.360 e. The van der Waals surface area contributed by atoms with E-state index in [9.17, 15) is 0 Å². The van der Waals surface area contributed by atoms with Crippen molar-refractivity contribution in [1.82, 2.24) is 5.16 Å². The summed E-state index contributed by atoms with van der Waals surface area (Å²) in [5, 5.41) is 4.62. The van der Waals surface area contributed by atoms with Crippen molar-refractivity contribution in [3.63, 3.8) is 0 Å². The molecule has 0 aliphatic heterocycles. The zero-order valence-corrected chi connectivity index (χ0v) is 11.5. The van der Waals surface area contributed by atoms with E-state index in [0.29, 0.717) is 5.92 Å². The summed E-state index contributed by atoms with van der Waals surface area (Å²) in [6, 6.07) is 5.75. The Morgan fingerprint density at radius 3 is 2.83 bits per heavy atom. The quantitative estimate of drug-likeness (QED) is 0.619. The number of aryl methyl sites for hydroxylation is 1. The summed E-state index contributed by atoms with van der Waals surface area (Å²) >= 11 is 11.5. The van der Waals surface area contributed by atoms with Crippen LogP contribution in [-0.4, -0.2) is 10.0 Å². The number of hydrogen-bond donors (Lipinski definition) is 0. The van der Waals surface area contributed by atoms with E-state index in [2.05, 4.69) is 5.16 Å². The van der Waals surface area contributed by atoms with Gasteiger partial charge in [-0.3, -0.25) is 0 Å². The molecule has 1 aliphatic carbocycles. The molecule has 0 atom stereocenters. The summed E-state index contributed by atoms with van der Waals surface area (Å²) in [5.74, 6) is 1.45. The van der Waals surface area contributed by atoms with Crippen molar-refractivity contribution < 1.29 is 4.52 Å². The summed E-state index contributed by atoms with van der Waals surface area (Å²) in [7, 11) is 0. The van der Waals surface area contributed by atoms with Crippen LogP contribution in [0.15, 0.2) is 28.9 Å². The zero-order chi connectivity index (χ0) is 12.7. The van der Waals surface area contributed by atoms with Crippen LogP contribution in [0, 0.1) is 6.92 Å². The normalized spacial score (nSPS) is 14.8. The fraction of sp³-hybridized carbons (Fsp3) is 0.286. The molecule has 1 aromatic carbocycles. The molecule has 0 amide bonds. The van der Waals surface area contributed by atoms with Gasteiger partial charge in [-0.15, -0.1) is 0 Å². The summed E-state index contributed by atoms with van der Waals surface area (Å²) in [6.45, 7) is 2.01. The van der Waals surface area contributed by atoms with Crippen LogP contribution in [0.3, 0.4) is 0 Å². The van der Waals surface area contributed by atoms with Gasteiger partial charge < -0.3 is 4.52 Å². The number of nitrogens with zero attached hydrogens (tertiary/aromatic N) is 1. The molecule has 2 nitrogen and oxygen atoms in total. The average molecular weight is 278 g/mol. The number of thiocarbonyl (C=S) groups is 1. The number of benzene rings is 1. The molecule has 1 saturated carbocycles. The van der Waals surface area contributed by atoms with Gasteiger partial charge in [-0.05, 0) is 43.0 Å². The number of hydrogen-bond acceptors (Lipinski definition) is 3. The lowest BCUT2D eigenvalue weighted by Gasteiger charge is -2.07. The van der Waals surface area contributed by atoms with Crippen LogP contribution in [-0.2, 0) is 0 Å². The fourth-order valence-corrected chi connectivity index (χ4v) is 2.70. The second-order valence-electron chi connectivity index (χ2n) is 4.67. The third-order valence-electron chi connectivity index (χ3n) is 3.22. The Morgan fingerprint density at radius 1 is 1.39 bits per heavy atom. The lowest BCUT2D eigenvalue weighted by molar-refractivity contribution is 0.384. The largest absolute Gasteiger partial charge is 0.360 e. The van der Waals surface area contributed by atoms with E-state index in [1.165, 1.54) is 12.8 Å². The lowest BCUT2D eigenvalue weighted by Crippen LogP contribution is -2.03. The van der Waals surface area contributed by atoms with Gasteiger partial charge in [0.25, 0.3) is 0 Å². The van der Waals surface area contributed by atoms with Gasteiger partial charge in [-0.2, -0.15) is 0 Å². The van der Waals surface area contributed by atoms with Crippen LogP contribution < -0.4 is 0 Å². The standard InChI is InChI=1S/C14H12ClNOS/c1-8-6-10(15)4-5-11(8)14(18)12-7-16-17-13(12)9-2-3-9/h4-7,9H,2-3H2,1H3. The fourth-order valence-electron chi connectivity index (χ4n) is 2.09. The number of rotatable bonds is 3. The first kappa shape index (κ1) is 11.9. The van der Waals surface area contributed by atoms with Gasteiger partial charge >= 0.3 is 0 Å². The maximum absolute atomic E-state index is 5.96. The molecule has 1 aliphatic rings. The first-order valence-electron chi connectivity index (χ1n) is 5.92. The highest BCUT2D eigenvalue weighted by molar-refractivity contribution is 7.81. The van der Waals surface area contributed by atoms with Crippen molar-refractivity contribution in [3.8, 4) is 0 Å². The maximum atomic E-state index is 5.96. The van der Waals surface area contributed by atoms with Crippen LogP contribution in [0.2, 0.25) is 5.02 Å². The van der Waals surface area contributed by atoms with E-state index >= 15 is 0 Å². The minimum atomic E-state index is 0.507. The van der Waals surface area contributed by atoms with E-state index in [1.54, 1.807) is 6.20 Å². The van der Waals surface area contributed by atoms with Crippen molar-refractivity contribution in [1.29, 1.82) is 0 Å². The number of aromatic nitrogens is 1. The van der Waals surface area contributed by atoms with Crippen LogP contribution in [0.5, 0.6) is 0 Å². The molecule has 4 heteroatoms. The topological polar surface area (TPSA) is 26.0 Å². The number of halogens is 1. The second-order valence-corrected chi connectivity index (χ2v) is 5.51. The first-order chi connectivity index (χ1) is 8.66.